The predicted octanol–water partition coefficient (Wildman–Crippen LogP) is 1.41. The molecule has 1 N–H and O–H groups in total. The van der Waals surface area contributed by atoms with Crippen LogP contribution >= 0.6 is 0 Å². The molecule has 1 aromatic rings. The maximum absolute atomic E-state index is 12.7. The molecule has 2 saturated heterocycles. The van der Waals surface area contributed by atoms with Crippen LogP contribution in [-0.2, 0) is 19.7 Å². The summed E-state index contributed by atoms with van der Waals surface area (Å²) in [5, 5.41) is 0. The normalized spacial score (nSPS) is 21.8. The molecule has 2 amide bonds. The summed E-state index contributed by atoms with van der Waals surface area (Å²) < 4.78 is 34.2. The molecular formula is C21H32N4O5S. The van der Waals surface area contributed by atoms with Crippen molar-refractivity contribution in [1.29, 1.82) is 0 Å². The second kappa shape index (κ2) is 9.22. The zero-order valence-electron chi connectivity index (χ0n) is 18.7. The first-order chi connectivity index (χ1) is 14.4. The van der Waals surface area contributed by atoms with Gasteiger partial charge < -0.3 is 9.64 Å². The molecule has 2 aliphatic heterocycles. The average Bonchev–Trinajstić information content (AvgIpc) is 3.03. The molecule has 31 heavy (non-hydrogen) atoms. The molecule has 0 saturated carbocycles. The lowest BCUT2D eigenvalue weighted by Crippen LogP contribution is -2.54. The fourth-order valence-electron chi connectivity index (χ4n) is 4.06. The van der Waals surface area contributed by atoms with E-state index < -0.39 is 16.1 Å². The van der Waals surface area contributed by atoms with E-state index in [1.165, 1.54) is 4.31 Å². The molecule has 2 aliphatic rings. The van der Waals surface area contributed by atoms with Gasteiger partial charge in [-0.1, -0.05) is 13.8 Å². The number of carbonyl (C=O) groups excluding carboxylic acids is 2. The van der Waals surface area contributed by atoms with E-state index in [2.05, 4.69) is 23.6 Å². The molecule has 3 rings (SSSR count). The molecule has 10 heteroatoms. The van der Waals surface area contributed by atoms with Gasteiger partial charge in [-0.3, -0.25) is 9.59 Å². The molecule has 0 bridgehead atoms. The monoisotopic (exact) mass is 452 g/mol. The molecule has 1 unspecified atom stereocenters. The number of rotatable bonds is 6. The van der Waals surface area contributed by atoms with Gasteiger partial charge in [-0.2, -0.15) is 12.7 Å². The van der Waals surface area contributed by atoms with Crippen molar-refractivity contribution in [1.82, 2.24) is 18.9 Å². The SMILES string of the molecule is Cc1cc(C)nc(C(=O)N2CCN(S(=O)(=O)NC(=O)CCC3CC(C)(C)CO3)CC2)c1. The van der Waals surface area contributed by atoms with Crippen LogP contribution in [0.4, 0.5) is 0 Å². The third kappa shape index (κ3) is 6.24. The molecule has 0 aliphatic carbocycles. The number of nitrogens with zero attached hydrogens (tertiary/aromatic N) is 3. The zero-order chi connectivity index (χ0) is 22.8. The van der Waals surface area contributed by atoms with E-state index in [1.807, 2.05) is 19.9 Å². The first-order valence-electron chi connectivity index (χ1n) is 10.6. The van der Waals surface area contributed by atoms with Crippen LogP contribution in [0.2, 0.25) is 0 Å². The second-order valence-corrected chi connectivity index (χ2v) is 10.9. The van der Waals surface area contributed by atoms with Crippen molar-refractivity contribution in [2.75, 3.05) is 32.8 Å². The predicted molar refractivity (Wildman–Crippen MR) is 116 cm³/mol. The smallest absolute Gasteiger partial charge is 0.303 e. The highest BCUT2D eigenvalue weighted by atomic mass is 32.2. The molecular weight excluding hydrogens is 420 g/mol. The van der Waals surface area contributed by atoms with E-state index in [1.54, 1.807) is 11.0 Å². The first kappa shape index (κ1) is 23.6. The zero-order valence-corrected chi connectivity index (χ0v) is 19.5. The Kier molecular flexibility index (Phi) is 7.02. The lowest BCUT2D eigenvalue weighted by atomic mass is 9.89. The number of carbonyl (C=O) groups is 2. The van der Waals surface area contributed by atoms with Gasteiger partial charge in [-0.05, 0) is 49.8 Å². The first-order valence-corrected chi connectivity index (χ1v) is 12.1. The van der Waals surface area contributed by atoms with Gasteiger partial charge in [0.25, 0.3) is 5.91 Å². The molecule has 172 valence electrons. The number of aryl methyl sites for hydroxylation is 2. The summed E-state index contributed by atoms with van der Waals surface area (Å²) in [6.07, 6.45) is 1.43. The summed E-state index contributed by atoms with van der Waals surface area (Å²) in [7, 11) is -3.94. The highest BCUT2D eigenvalue weighted by Crippen LogP contribution is 2.33. The van der Waals surface area contributed by atoms with Crippen LogP contribution in [0, 0.1) is 19.3 Å². The molecule has 9 nitrogen and oxygen atoms in total. The van der Waals surface area contributed by atoms with Crippen molar-refractivity contribution in [2.45, 2.75) is 53.1 Å². The third-order valence-corrected chi connectivity index (χ3v) is 7.14. The third-order valence-electron chi connectivity index (χ3n) is 5.61. The minimum atomic E-state index is -3.94. The minimum Gasteiger partial charge on any atom is -0.378 e. The Morgan fingerprint density at radius 1 is 1.19 bits per heavy atom. The van der Waals surface area contributed by atoms with E-state index in [-0.39, 0.29) is 50.0 Å². The van der Waals surface area contributed by atoms with E-state index in [0.717, 1.165) is 17.7 Å². The summed E-state index contributed by atoms with van der Waals surface area (Å²) in [4.78, 5) is 30.8. The quantitative estimate of drug-likeness (QED) is 0.699. The Hall–Kier alpha value is -2.04. The summed E-state index contributed by atoms with van der Waals surface area (Å²) in [6.45, 7) is 9.34. The van der Waals surface area contributed by atoms with Crippen LogP contribution in [0.3, 0.4) is 0 Å². The lowest BCUT2D eigenvalue weighted by Gasteiger charge is -2.33. The van der Waals surface area contributed by atoms with Crippen LogP contribution in [0.25, 0.3) is 0 Å². The lowest BCUT2D eigenvalue weighted by molar-refractivity contribution is -0.120. The molecule has 0 aromatic carbocycles. The number of piperazine rings is 1. The van der Waals surface area contributed by atoms with Gasteiger partial charge >= 0.3 is 10.2 Å². The number of pyridine rings is 1. The summed E-state index contributed by atoms with van der Waals surface area (Å²) >= 11 is 0. The van der Waals surface area contributed by atoms with Gasteiger partial charge in [0.15, 0.2) is 0 Å². The van der Waals surface area contributed by atoms with Crippen LogP contribution in [0.5, 0.6) is 0 Å². The van der Waals surface area contributed by atoms with Crippen molar-refractivity contribution in [2.24, 2.45) is 5.41 Å². The number of amides is 2. The summed E-state index contributed by atoms with van der Waals surface area (Å²) in [5.41, 5.74) is 2.17. The van der Waals surface area contributed by atoms with Crippen molar-refractivity contribution in [3.8, 4) is 0 Å². The van der Waals surface area contributed by atoms with Crippen LogP contribution < -0.4 is 4.72 Å². The summed E-state index contributed by atoms with van der Waals surface area (Å²) in [6, 6.07) is 3.62. The van der Waals surface area contributed by atoms with Gasteiger partial charge in [0.05, 0.1) is 12.7 Å². The maximum Gasteiger partial charge on any atom is 0.303 e. The van der Waals surface area contributed by atoms with Crippen molar-refractivity contribution < 1.29 is 22.7 Å². The van der Waals surface area contributed by atoms with Gasteiger partial charge in [-0.25, -0.2) is 9.71 Å². The number of hydrogen-bond donors (Lipinski definition) is 1. The van der Waals surface area contributed by atoms with E-state index in [0.29, 0.717) is 18.7 Å². The standard InChI is InChI=1S/C21H32N4O5S/c1-15-11-16(2)22-18(12-15)20(27)24-7-9-25(10-8-24)31(28,29)23-19(26)6-5-17-13-21(3,4)14-30-17/h11-12,17H,5-10,13-14H2,1-4H3,(H,23,26). The van der Waals surface area contributed by atoms with Crippen molar-refractivity contribution >= 4 is 22.0 Å². The fraction of sp³-hybridized carbons (Fsp3) is 0.667. The van der Waals surface area contributed by atoms with E-state index in [4.69, 9.17) is 4.74 Å². The van der Waals surface area contributed by atoms with Gasteiger partial charge in [0.2, 0.25) is 5.91 Å². The van der Waals surface area contributed by atoms with Crippen molar-refractivity contribution in [3.05, 3.63) is 29.1 Å². The second-order valence-electron chi connectivity index (χ2n) is 9.23. The Bertz CT molecular complexity index is 919. The minimum absolute atomic E-state index is 0.0168. The van der Waals surface area contributed by atoms with Crippen LogP contribution in [0.15, 0.2) is 12.1 Å². The Morgan fingerprint density at radius 2 is 1.87 bits per heavy atom. The van der Waals surface area contributed by atoms with Gasteiger partial charge in [-0.15, -0.1) is 0 Å². The number of hydrogen-bond acceptors (Lipinski definition) is 6. The maximum atomic E-state index is 12.7. The topological polar surface area (TPSA) is 109 Å². The Morgan fingerprint density at radius 3 is 2.45 bits per heavy atom. The highest BCUT2D eigenvalue weighted by molar-refractivity contribution is 7.87. The number of aromatic nitrogens is 1. The Labute approximate surface area is 184 Å². The van der Waals surface area contributed by atoms with Crippen molar-refractivity contribution in [3.63, 3.8) is 0 Å². The molecule has 2 fully saturated rings. The molecule has 1 atom stereocenters. The Balaban J connectivity index is 1.48. The molecule has 1 aromatic heterocycles. The van der Waals surface area contributed by atoms with Gasteiger partial charge in [0.1, 0.15) is 5.69 Å². The highest BCUT2D eigenvalue weighted by Gasteiger charge is 2.33. The summed E-state index contributed by atoms with van der Waals surface area (Å²) in [5.74, 6) is -0.751. The van der Waals surface area contributed by atoms with Crippen LogP contribution in [-0.4, -0.2) is 73.3 Å². The molecule has 0 spiro atoms. The largest absolute Gasteiger partial charge is 0.378 e. The molecule has 3 heterocycles. The van der Waals surface area contributed by atoms with E-state index >= 15 is 0 Å². The molecule has 0 radical (unpaired) electrons. The number of nitrogens with one attached hydrogen (secondary N) is 1. The fourth-order valence-corrected chi connectivity index (χ4v) is 5.22. The number of ether oxygens (including phenoxy) is 1. The van der Waals surface area contributed by atoms with Gasteiger partial charge in [0, 0.05) is 38.3 Å². The van der Waals surface area contributed by atoms with E-state index in [9.17, 15) is 18.0 Å². The average molecular weight is 453 g/mol. The van der Waals surface area contributed by atoms with Crippen LogP contribution in [0.1, 0.15) is 54.9 Å².